The molecule has 2 aromatic rings. The van der Waals surface area contributed by atoms with Crippen molar-refractivity contribution in [1.82, 2.24) is 5.32 Å². The topological polar surface area (TPSA) is 114 Å². The average molecular weight is 415 g/mol. The van der Waals surface area contributed by atoms with E-state index < -0.39 is 17.8 Å². The Balaban J connectivity index is 1.97. The van der Waals surface area contributed by atoms with Gasteiger partial charge in [-0.2, -0.15) is 0 Å². The summed E-state index contributed by atoms with van der Waals surface area (Å²) < 4.78 is 5.10. The zero-order valence-electron chi connectivity index (χ0n) is 16.3. The van der Waals surface area contributed by atoms with Crippen molar-refractivity contribution in [3.05, 3.63) is 45.8 Å². The summed E-state index contributed by atoms with van der Waals surface area (Å²) in [6.45, 7) is 3.47. The van der Waals surface area contributed by atoms with E-state index in [1.807, 2.05) is 0 Å². The first-order chi connectivity index (χ1) is 13.9. The van der Waals surface area contributed by atoms with Gasteiger partial charge in [-0.05, 0) is 31.0 Å². The molecule has 2 heterocycles. The molecule has 0 bridgehead atoms. The van der Waals surface area contributed by atoms with Crippen molar-refractivity contribution in [3.8, 4) is 0 Å². The summed E-state index contributed by atoms with van der Waals surface area (Å²) in [4.78, 5) is 50.0. The third-order valence-electron chi connectivity index (χ3n) is 4.61. The van der Waals surface area contributed by atoms with Crippen molar-refractivity contribution in [2.24, 2.45) is 0 Å². The number of esters is 1. The predicted octanol–water partition coefficient (Wildman–Crippen LogP) is 2.66. The average Bonchev–Trinajstić information content (AvgIpc) is 3.02. The van der Waals surface area contributed by atoms with Gasteiger partial charge in [-0.25, -0.2) is 4.79 Å². The molecule has 3 amide bonds. The van der Waals surface area contributed by atoms with E-state index in [9.17, 15) is 19.2 Å². The van der Waals surface area contributed by atoms with Crippen LogP contribution in [0.2, 0.25) is 0 Å². The summed E-state index contributed by atoms with van der Waals surface area (Å²) in [7, 11) is 1.49. The number of ether oxygens (including phenoxy) is 1. The van der Waals surface area contributed by atoms with Crippen LogP contribution in [0.1, 0.15) is 50.4 Å². The maximum Gasteiger partial charge on any atom is 0.341 e. The van der Waals surface area contributed by atoms with Crippen LogP contribution in [-0.4, -0.2) is 37.3 Å². The van der Waals surface area contributed by atoms with Crippen LogP contribution in [-0.2, 0) is 14.3 Å². The number of anilines is 2. The Labute approximate surface area is 171 Å². The Kier molecular flexibility index (Phi) is 5.97. The van der Waals surface area contributed by atoms with Crippen LogP contribution in [0.4, 0.5) is 10.7 Å². The molecule has 1 aromatic heterocycles. The van der Waals surface area contributed by atoms with Crippen molar-refractivity contribution >= 4 is 45.7 Å². The summed E-state index contributed by atoms with van der Waals surface area (Å²) in [6, 6.07) is 7.08. The number of rotatable bonds is 5. The fraction of sp³-hybridized carbons (Fsp3) is 0.300. The van der Waals surface area contributed by atoms with Gasteiger partial charge in [0.25, 0.3) is 5.91 Å². The maximum atomic E-state index is 13.0. The number of hydrogen-bond acceptors (Lipinski definition) is 6. The Morgan fingerprint density at radius 3 is 2.69 bits per heavy atom. The number of carbonyl (C=O) groups excluding carboxylic acids is 4. The molecule has 3 rings (SSSR count). The van der Waals surface area contributed by atoms with Gasteiger partial charge in [-0.1, -0.05) is 18.2 Å². The molecular weight excluding hydrogens is 394 g/mol. The summed E-state index contributed by atoms with van der Waals surface area (Å²) >= 11 is 1.00. The molecule has 1 unspecified atom stereocenters. The van der Waals surface area contributed by atoms with E-state index in [1.54, 1.807) is 38.1 Å². The van der Waals surface area contributed by atoms with Crippen LogP contribution in [0.25, 0.3) is 0 Å². The minimum atomic E-state index is -0.708. The van der Waals surface area contributed by atoms with Crippen LogP contribution in [0.5, 0.6) is 0 Å². The summed E-state index contributed by atoms with van der Waals surface area (Å²) in [6.07, 6.45) is -0.00968. The molecule has 0 radical (unpaired) electrons. The quantitative estimate of drug-likeness (QED) is 0.650. The van der Waals surface area contributed by atoms with Crippen LogP contribution >= 0.6 is 11.3 Å². The zero-order valence-corrected chi connectivity index (χ0v) is 17.1. The number of amides is 3. The molecule has 1 atom stereocenters. The molecule has 0 saturated carbocycles. The lowest BCUT2D eigenvalue weighted by molar-refractivity contribution is -0.123. The fourth-order valence-electron chi connectivity index (χ4n) is 3.22. The first-order valence-electron chi connectivity index (χ1n) is 9.09. The number of benzene rings is 1. The van der Waals surface area contributed by atoms with E-state index in [-0.39, 0.29) is 35.4 Å². The highest BCUT2D eigenvalue weighted by Gasteiger charge is 2.33. The number of nitrogens with one attached hydrogen (secondary N) is 3. The maximum absolute atomic E-state index is 13.0. The summed E-state index contributed by atoms with van der Waals surface area (Å²) in [5.74, 6) is -2.37. The van der Waals surface area contributed by atoms with Gasteiger partial charge in [0, 0.05) is 19.2 Å². The second kappa shape index (κ2) is 8.44. The van der Waals surface area contributed by atoms with Gasteiger partial charge in [0.15, 0.2) is 0 Å². The Hall–Kier alpha value is -3.20. The summed E-state index contributed by atoms with van der Waals surface area (Å²) in [5, 5.41) is 8.24. The first-order valence-corrected chi connectivity index (χ1v) is 9.91. The summed E-state index contributed by atoms with van der Waals surface area (Å²) in [5.41, 5.74) is 1.87. The van der Waals surface area contributed by atoms with Gasteiger partial charge < -0.3 is 20.7 Å². The number of thiophene rings is 1. The number of hydrogen-bond donors (Lipinski definition) is 3. The Bertz CT molecular complexity index is 998. The van der Waals surface area contributed by atoms with Crippen molar-refractivity contribution in [2.75, 3.05) is 24.3 Å². The van der Waals surface area contributed by atoms with Crippen LogP contribution in [0, 0.1) is 6.92 Å². The Morgan fingerprint density at radius 1 is 1.28 bits per heavy atom. The monoisotopic (exact) mass is 415 g/mol. The fourth-order valence-corrected chi connectivity index (χ4v) is 4.37. The molecule has 1 aliphatic rings. The third kappa shape index (κ3) is 4.00. The van der Waals surface area contributed by atoms with E-state index in [0.29, 0.717) is 21.7 Å². The zero-order chi connectivity index (χ0) is 21.1. The van der Waals surface area contributed by atoms with E-state index >= 15 is 0 Å². The van der Waals surface area contributed by atoms with Gasteiger partial charge in [0.1, 0.15) is 5.00 Å². The van der Waals surface area contributed by atoms with Gasteiger partial charge >= 0.3 is 5.97 Å². The minimum absolute atomic E-state index is 0.00968. The highest BCUT2D eigenvalue weighted by atomic mass is 32.1. The molecule has 0 saturated heterocycles. The van der Waals surface area contributed by atoms with Crippen LogP contribution in [0.15, 0.2) is 24.3 Å². The SMILES string of the molecule is CCOC(=O)c1c(NC(=O)C2CC(=O)Nc3ccccc32)sc(C(=O)NC)c1C. The molecular formula is C20H21N3O5S. The van der Waals surface area contributed by atoms with Gasteiger partial charge in [0.05, 0.1) is 23.0 Å². The van der Waals surface area contributed by atoms with E-state index in [1.165, 1.54) is 7.05 Å². The first kappa shape index (κ1) is 20.5. The highest BCUT2D eigenvalue weighted by Crippen LogP contribution is 2.37. The minimum Gasteiger partial charge on any atom is -0.462 e. The molecule has 8 nitrogen and oxygen atoms in total. The largest absolute Gasteiger partial charge is 0.462 e. The molecule has 3 N–H and O–H groups in total. The van der Waals surface area contributed by atoms with Crippen molar-refractivity contribution in [3.63, 3.8) is 0 Å². The lowest BCUT2D eigenvalue weighted by Gasteiger charge is -2.24. The van der Waals surface area contributed by atoms with Gasteiger partial charge in [-0.3, -0.25) is 14.4 Å². The van der Waals surface area contributed by atoms with Gasteiger partial charge in [0.2, 0.25) is 11.8 Å². The van der Waals surface area contributed by atoms with E-state index in [2.05, 4.69) is 16.0 Å². The molecule has 0 fully saturated rings. The van der Waals surface area contributed by atoms with Crippen LogP contribution < -0.4 is 16.0 Å². The third-order valence-corrected chi connectivity index (χ3v) is 5.82. The van der Waals surface area contributed by atoms with Crippen molar-refractivity contribution in [1.29, 1.82) is 0 Å². The number of para-hydroxylation sites is 1. The van der Waals surface area contributed by atoms with E-state index in [4.69, 9.17) is 4.74 Å². The number of fused-ring (bicyclic) bond motifs is 1. The second-order valence-electron chi connectivity index (χ2n) is 6.44. The second-order valence-corrected chi connectivity index (χ2v) is 7.46. The van der Waals surface area contributed by atoms with Gasteiger partial charge in [-0.15, -0.1) is 11.3 Å². The van der Waals surface area contributed by atoms with Crippen molar-refractivity contribution in [2.45, 2.75) is 26.2 Å². The molecule has 0 aliphatic carbocycles. The molecule has 0 spiro atoms. The smallest absolute Gasteiger partial charge is 0.341 e. The van der Waals surface area contributed by atoms with Crippen LogP contribution in [0.3, 0.4) is 0 Å². The molecule has 1 aromatic carbocycles. The lowest BCUT2D eigenvalue weighted by atomic mass is 9.90. The lowest BCUT2D eigenvalue weighted by Crippen LogP contribution is -2.30. The molecule has 152 valence electrons. The highest BCUT2D eigenvalue weighted by molar-refractivity contribution is 7.18. The normalized spacial score (nSPS) is 15.1. The molecule has 1 aliphatic heterocycles. The Morgan fingerprint density at radius 2 is 2.00 bits per heavy atom. The predicted molar refractivity (Wildman–Crippen MR) is 109 cm³/mol. The molecule has 9 heteroatoms. The standard InChI is InChI=1S/C20H21N3O5S/c1-4-28-20(27)15-10(2)16(18(26)21-3)29-19(15)23-17(25)12-9-14(24)22-13-8-6-5-7-11(12)13/h5-8,12H,4,9H2,1-3H3,(H,21,26)(H,22,24)(H,23,25). The van der Waals surface area contributed by atoms with E-state index in [0.717, 1.165) is 11.3 Å². The number of carbonyl (C=O) groups is 4. The van der Waals surface area contributed by atoms with Crippen molar-refractivity contribution < 1.29 is 23.9 Å². The molecule has 29 heavy (non-hydrogen) atoms.